The Labute approximate surface area is 135 Å². The largest absolute Gasteiger partial charge is 0.494 e. The third-order valence-electron chi connectivity index (χ3n) is 3.32. The van der Waals surface area contributed by atoms with Gasteiger partial charge in [-0.05, 0) is 43.3 Å². The molecule has 3 aromatic rings. The van der Waals surface area contributed by atoms with E-state index < -0.39 is 0 Å². The van der Waals surface area contributed by atoms with Crippen LogP contribution in [-0.4, -0.2) is 16.6 Å². The number of fused-ring (bicyclic) bond motifs is 1. The Hall–Kier alpha value is -2.21. The third kappa shape index (κ3) is 3.17. The summed E-state index contributed by atoms with van der Waals surface area (Å²) in [7, 11) is 0. The van der Waals surface area contributed by atoms with E-state index in [0.717, 1.165) is 32.5 Å². The smallest absolute Gasteiger partial charge is 0.323 e. The fourth-order valence-corrected chi connectivity index (χ4v) is 2.73. The number of imidazole rings is 1. The molecule has 22 heavy (non-hydrogen) atoms. The van der Waals surface area contributed by atoms with Gasteiger partial charge in [-0.2, -0.15) is 0 Å². The van der Waals surface area contributed by atoms with Crippen LogP contribution in [0.15, 0.2) is 45.7 Å². The van der Waals surface area contributed by atoms with Crippen LogP contribution in [0.3, 0.4) is 0 Å². The summed E-state index contributed by atoms with van der Waals surface area (Å²) < 4.78 is 6.65. The van der Waals surface area contributed by atoms with E-state index in [-0.39, 0.29) is 5.69 Å². The number of benzene rings is 2. The highest BCUT2D eigenvalue weighted by atomic mass is 79.9. The lowest BCUT2D eigenvalue weighted by Crippen LogP contribution is -2.03. The number of aromatic nitrogens is 2. The molecule has 0 radical (unpaired) electrons. The molecule has 3 rings (SSSR count). The maximum atomic E-state index is 11.3. The number of hydrogen-bond acceptors (Lipinski definition) is 3. The second-order valence-corrected chi connectivity index (χ2v) is 5.79. The standard InChI is InChI=1S/C16H16BrN3O2/c1-2-22-15-6-3-11(17)7-10(15)9-18-12-4-5-13-14(8-12)20-16(21)19-13/h3-8,18H,2,9H2,1H3,(H2,19,20,21). The number of anilines is 1. The topological polar surface area (TPSA) is 69.9 Å². The second-order valence-electron chi connectivity index (χ2n) is 4.88. The van der Waals surface area contributed by atoms with Crippen molar-refractivity contribution >= 4 is 32.7 Å². The fraction of sp³-hybridized carbons (Fsp3) is 0.188. The Morgan fingerprint density at radius 2 is 1.95 bits per heavy atom. The number of rotatable bonds is 5. The summed E-state index contributed by atoms with van der Waals surface area (Å²) >= 11 is 3.48. The van der Waals surface area contributed by atoms with E-state index in [0.29, 0.717) is 13.2 Å². The number of H-pyrrole nitrogens is 2. The first kappa shape index (κ1) is 14.7. The van der Waals surface area contributed by atoms with Crippen LogP contribution in [-0.2, 0) is 6.54 Å². The minimum atomic E-state index is -0.197. The number of hydrogen-bond donors (Lipinski definition) is 3. The van der Waals surface area contributed by atoms with Gasteiger partial charge in [0.2, 0.25) is 0 Å². The van der Waals surface area contributed by atoms with Gasteiger partial charge in [0.05, 0.1) is 17.6 Å². The molecular formula is C16H16BrN3O2. The second kappa shape index (κ2) is 6.27. The molecule has 2 aromatic carbocycles. The molecule has 0 aliphatic heterocycles. The maximum absolute atomic E-state index is 11.3. The first-order valence-corrected chi connectivity index (χ1v) is 7.82. The van der Waals surface area contributed by atoms with Crippen LogP contribution in [0.25, 0.3) is 11.0 Å². The predicted molar refractivity (Wildman–Crippen MR) is 91.6 cm³/mol. The highest BCUT2D eigenvalue weighted by molar-refractivity contribution is 9.10. The average molecular weight is 362 g/mol. The normalized spacial score (nSPS) is 10.8. The predicted octanol–water partition coefficient (Wildman–Crippen LogP) is 3.63. The minimum absolute atomic E-state index is 0.197. The number of aromatic amines is 2. The van der Waals surface area contributed by atoms with Crippen LogP contribution in [0.1, 0.15) is 12.5 Å². The summed E-state index contributed by atoms with van der Waals surface area (Å²) in [6, 6.07) is 11.7. The Balaban J connectivity index is 1.81. The van der Waals surface area contributed by atoms with Crippen LogP contribution in [0, 0.1) is 0 Å². The molecule has 1 aromatic heterocycles. The van der Waals surface area contributed by atoms with Crippen molar-refractivity contribution in [1.82, 2.24) is 9.97 Å². The maximum Gasteiger partial charge on any atom is 0.323 e. The van der Waals surface area contributed by atoms with Crippen molar-refractivity contribution in [3.05, 3.63) is 56.9 Å². The van der Waals surface area contributed by atoms with Crippen molar-refractivity contribution in [2.24, 2.45) is 0 Å². The molecule has 0 spiro atoms. The van der Waals surface area contributed by atoms with Crippen molar-refractivity contribution in [2.45, 2.75) is 13.5 Å². The molecule has 0 aliphatic carbocycles. The number of nitrogens with one attached hydrogen (secondary N) is 3. The van der Waals surface area contributed by atoms with E-state index in [9.17, 15) is 4.79 Å². The molecule has 0 bridgehead atoms. The monoisotopic (exact) mass is 361 g/mol. The van der Waals surface area contributed by atoms with Gasteiger partial charge in [0.15, 0.2) is 0 Å². The van der Waals surface area contributed by atoms with Crippen LogP contribution in [0.4, 0.5) is 5.69 Å². The van der Waals surface area contributed by atoms with E-state index in [1.54, 1.807) is 0 Å². The zero-order chi connectivity index (χ0) is 15.5. The van der Waals surface area contributed by atoms with Crippen molar-refractivity contribution in [2.75, 3.05) is 11.9 Å². The molecule has 0 fully saturated rings. The van der Waals surface area contributed by atoms with Gasteiger partial charge in [0, 0.05) is 22.3 Å². The van der Waals surface area contributed by atoms with E-state index in [1.165, 1.54) is 0 Å². The Morgan fingerprint density at radius 1 is 1.14 bits per heavy atom. The summed E-state index contributed by atoms with van der Waals surface area (Å²) in [5.41, 5.74) is 3.39. The first-order chi connectivity index (χ1) is 10.7. The Morgan fingerprint density at radius 3 is 2.77 bits per heavy atom. The summed E-state index contributed by atoms with van der Waals surface area (Å²) in [4.78, 5) is 16.8. The summed E-state index contributed by atoms with van der Waals surface area (Å²) in [5, 5.41) is 3.35. The zero-order valence-corrected chi connectivity index (χ0v) is 13.7. The number of halogens is 1. The van der Waals surface area contributed by atoms with Crippen molar-refractivity contribution < 1.29 is 4.74 Å². The molecule has 114 valence electrons. The molecule has 0 unspecified atom stereocenters. The van der Waals surface area contributed by atoms with Gasteiger partial charge in [0.25, 0.3) is 0 Å². The fourth-order valence-electron chi connectivity index (χ4n) is 2.32. The third-order valence-corrected chi connectivity index (χ3v) is 3.81. The lowest BCUT2D eigenvalue weighted by molar-refractivity contribution is 0.337. The minimum Gasteiger partial charge on any atom is -0.494 e. The Bertz CT molecular complexity index is 854. The summed E-state index contributed by atoms with van der Waals surface area (Å²) in [6.45, 7) is 3.23. The van der Waals surface area contributed by atoms with Crippen LogP contribution in [0.2, 0.25) is 0 Å². The number of ether oxygens (including phenoxy) is 1. The van der Waals surface area contributed by atoms with Gasteiger partial charge >= 0.3 is 5.69 Å². The highest BCUT2D eigenvalue weighted by Crippen LogP contribution is 2.24. The van der Waals surface area contributed by atoms with E-state index in [1.807, 2.05) is 43.3 Å². The van der Waals surface area contributed by atoms with Crippen LogP contribution >= 0.6 is 15.9 Å². The molecule has 5 nitrogen and oxygen atoms in total. The molecule has 0 atom stereocenters. The van der Waals surface area contributed by atoms with Gasteiger partial charge in [0.1, 0.15) is 5.75 Å². The lowest BCUT2D eigenvalue weighted by Gasteiger charge is -2.12. The van der Waals surface area contributed by atoms with Gasteiger partial charge in [-0.25, -0.2) is 4.79 Å². The van der Waals surface area contributed by atoms with E-state index in [4.69, 9.17) is 4.74 Å². The molecule has 0 saturated heterocycles. The highest BCUT2D eigenvalue weighted by Gasteiger charge is 2.05. The van der Waals surface area contributed by atoms with Crippen LogP contribution < -0.4 is 15.7 Å². The molecule has 0 amide bonds. The van der Waals surface area contributed by atoms with Crippen LogP contribution in [0.5, 0.6) is 5.75 Å². The lowest BCUT2D eigenvalue weighted by atomic mass is 10.2. The molecule has 1 heterocycles. The summed E-state index contributed by atoms with van der Waals surface area (Å²) in [6.07, 6.45) is 0. The van der Waals surface area contributed by atoms with Crippen molar-refractivity contribution in [1.29, 1.82) is 0 Å². The van der Waals surface area contributed by atoms with E-state index >= 15 is 0 Å². The van der Waals surface area contributed by atoms with E-state index in [2.05, 4.69) is 31.2 Å². The summed E-state index contributed by atoms with van der Waals surface area (Å²) in [5.74, 6) is 0.870. The SMILES string of the molecule is CCOc1ccc(Br)cc1CNc1ccc2[nH]c(=O)[nH]c2c1. The zero-order valence-electron chi connectivity index (χ0n) is 12.1. The van der Waals surface area contributed by atoms with Crippen molar-refractivity contribution in [3.63, 3.8) is 0 Å². The average Bonchev–Trinajstić information content (AvgIpc) is 2.87. The molecule has 0 saturated carbocycles. The first-order valence-electron chi connectivity index (χ1n) is 7.03. The van der Waals surface area contributed by atoms with Gasteiger partial charge in [-0.15, -0.1) is 0 Å². The molecular weight excluding hydrogens is 346 g/mol. The van der Waals surface area contributed by atoms with Gasteiger partial charge in [-0.3, -0.25) is 0 Å². The Kier molecular flexibility index (Phi) is 4.20. The quantitative estimate of drug-likeness (QED) is 0.649. The molecule has 3 N–H and O–H groups in total. The van der Waals surface area contributed by atoms with Gasteiger partial charge < -0.3 is 20.0 Å². The van der Waals surface area contributed by atoms with Gasteiger partial charge in [-0.1, -0.05) is 15.9 Å². The molecule has 0 aliphatic rings. The molecule has 6 heteroatoms. The van der Waals surface area contributed by atoms with Crippen molar-refractivity contribution in [3.8, 4) is 5.75 Å².